The van der Waals surface area contributed by atoms with Crippen molar-refractivity contribution in [3.63, 3.8) is 0 Å². The summed E-state index contributed by atoms with van der Waals surface area (Å²) in [5, 5.41) is 25.6. The summed E-state index contributed by atoms with van der Waals surface area (Å²) < 4.78 is 6.00. The number of allylic oxidation sites excluding steroid dienone is 2. The van der Waals surface area contributed by atoms with Crippen LogP contribution < -0.4 is 10.6 Å². The Morgan fingerprint density at radius 2 is 1.75 bits per heavy atom. The van der Waals surface area contributed by atoms with Crippen molar-refractivity contribution < 1.29 is 34.1 Å². The third kappa shape index (κ3) is 9.33. The largest absolute Gasteiger partial charge is 0.507 e. The summed E-state index contributed by atoms with van der Waals surface area (Å²) in [4.78, 5) is 54.2. The second kappa shape index (κ2) is 14.6. The minimum absolute atomic E-state index is 0.0123. The van der Waals surface area contributed by atoms with Gasteiger partial charge in [0.05, 0.1) is 16.7 Å². The van der Waals surface area contributed by atoms with Crippen LogP contribution >= 0.6 is 15.9 Å². The Labute approximate surface area is 244 Å². The van der Waals surface area contributed by atoms with Crippen LogP contribution in [0.4, 0.5) is 0 Å². The number of nitrogens with one attached hydrogen (secondary N) is 2. The molecule has 10 nitrogen and oxygen atoms in total. The van der Waals surface area contributed by atoms with E-state index < -0.39 is 54.0 Å². The quantitative estimate of drug-likeness (QED) is 0.299. The normalized spacial score (nSPS) is 28.9. The highest BCUT2D eigenvalue weighted by molar-refractivity contribution is 9.10. The van der Waals surface area contributed by atoms with E-state index in [2.05, 4.69) is 26.6 Å². The zero-order chi connectivity index (χ0) is 30.3. The molecule has 1 unspecified atom stereocenters. The van der Waals surface area contributed by atoms with Gasteiger partial charge in [0, 0.05) is 19.4 Å². The third-order valence-electron chi connectivity index (χ3n) is 6.99. The summed E-state index contributed by atoms with van der Waals surface area (Å²) >= 11 is 3.26. The number of nitrogens with zero attached hydrogens (tertiary/aromatic N) is 1. The molecule has 1 aromatic carbocycles. The van der Waals surface area contributed by atoms with E-state index in [1.54, 1.807) is 32.9 Å². The summed E-state index contributed by atoms with van der Waals surface area (Å²) in [7, 11) is 1.44. The topological polar surface area (TPSA) is 145 Å². The molecule has 3 amide bonds. The van der Waals surface area contributed by atoms with Gasteiger partial charge in [0.1, 0.15) is 17.8 Å². The fourth-order valence-corrected chi connectivity index (χ4v) is 5.28. The molecule has 0 aromatic heterocycles. The summed E-state index contributed by atoms with van der Waals surface area (Å²) in [5.74, 6) is -2.59. The predicted octanol–water partition coefficient (Wildman–Crippen LogP) is 2.84. The van der Waals surface area contributed by atoms with Crippen molar-refractivity contribution >= 4 is 39.6 Å². The first-order valence-electron chi connectivity index (χ1n) is 13.5. The molecule has 222 valence electrons. The molecule has 0 saturated carbocycles. The fraction of sp³-hybridized carbons (Fsp3) is 0.586. The molecule has 1 aromatic rings. The predicted molar refractivity (Wildman–Crippen MR) is 154 cm³/mol. The molecule has 0 radical (unpaired) electrons. The Bertz CT molecular complexity index is 1120. The zero-order valence-electron chi connectivity index (χ0n) is 24.2. The second-order valence-corrected chi connectivity index (χ2v) is 11.8. The first-order chi connectivity index (χ1) is 18.6. The lowest BCUT2D eigenvalue weighted by Gasteiger charge is -2.32. The molecule has 1 aliphatic heterocycles. The van der Waals surface area contributed by atoms with E-state index in [0.717, 1.165) is 5.57 Å². The average Bonchev–Trinajstić information content (AvgIpc) is 2.85. The van der Waals surface area contributed by atoms with Crippen LogP contribution in [0.25, 0.3) is 0 Å². The van der Waals surface area contributed by atoms with Gasteiger partial charge in [0.15, 0.2) is 6.04 Å². The van der Waals surface area contributed by atoms with Crippen LogP contribution in [0.2, 0.25) is 0 Å². The van der Waals surface area contributed by atoms with Gasteiger partial charge < -0.3 is 30.5 Å². The number of phenols is 1. The Morgan fingerprint density at radius 3 is 2.35 bits per heavy atom. The van der Waals surface area contributed by atoms with Crippen molar-refractivity contribution in [3.05, 3.63) is 39.9 Å². The molecule has 0 saturated heterocycles. The molecule has 0 bridgehead atoms. The number of esters is 1. The van der Waals surface area contributed by atoms with Crippen LogP contribution in [-0.2, 0) is 30.3 Å². The van der Waals surface area contributed by atoms with Crippen LogP contribution in [-0.4, -0.2) is 76.2 Å². The highest BCUT2D eigenvalue weighted by atomic mass is 79.9. The van der Waals surface area contributed by atoms with E-state index in [1.165, 1.54) is 24.9 Å². The minimum atomic E-state index is -1.36. The van der Waals surface area contributed by atoms with Crippen molar-refractivity contribution in [2.45, 2.75) is 91.1 Å². The second-order valence-electron chi connectivity index (χ2n) is 11.0. The Balaban J connectivity index is 2.48. The molecule has 7 atom stereocenters. The van der Waals surface area contributed by atoms with Crippen LogP contribution in [0.15, 0.2) is 34.3 Å². The fourth-order valence-electron chi connectivity index (χ4n) is 4.85. The molecule has 4 N–H and O–H groups in total. The highest BCUT2D eigenvalue weighted by Crippen LogP contribution is 2.25. The number of likely N-dealkylation sites (N-methyl/N-ethyl adjacent to an activating group) is 1. The number of aromatic hydroxyl groups is 1. The van der Waals surface area contributed by atoms with Crippen molar-refractivity contribution in [2.24, 2.45) is 11.8 Å². The Morgan fingerprint density at radius 1 is 1.10 bits per heavy atom. The maximum absolute atomic E-state index is 13.6. The van der Waals surface area contributed by atoms with Crippen molar-refractivity contribution in [2.75, 3.05) is 7.05 Å². The lowest BCUT2D eigenvalue weighted by atomic mass is 9.95. The number of aliphatic hydroxyl groups excluding tert-OH is 1. The molecule has 2 rings (SSSR count). The van der Waals surface area contributed by atoms with Gasteiger partial charge in [-0.2, -0.15) is 0 Å². The molecule has 11 heteroatoms. The maximum Gasteiger partial charge on any atom is 0.331 e. The third-order valence-corrected chi connectivity index (χ3v) is 7.62. The number of hydrogen-bond acceptors (Lipinski definition) is 7. The first-order valence-corrected chi connectivity index (χ1v) is 14.3. The van der Waals surface area contributed by atoms with E-state index in [1.807, 2.05) is 19.9 Å². The van der Waals surface area contributed by atoms with Crippen LogP contribution in [0.3, 0.4) is 0 Å². The summed E-state index contributed by atoms with van der Waals surface area (Å²) in [6.07, 6.45) is 1.30. The lowest BCUT2D eigenvalue weighted by Crippen LogP contribution is -2.58. The number of benzene rings is 1. The Hall–Kier alpha value is -2.92. The Kier molecular flexibility index (Phi) is 12.2. The zero-order valence-corrected chi connectivity index (χ0v) is 25.8. The SMILES string of the molecule is CC1=C[C@H](C)C[C@H](C)OC(=O)C([C@@H](C)O)NC(=O)[C@@H](Cc2ccc(O)c(Br)c2)N(C)C(=O)[C@H](C)NC(=O)[C@@H](C)C1. The number of carbonyl (C=O) groups excluding carboxylic acids is 4. The molecule has 1 heterocycles. The maximum atomic E-state index is 13.6. The minimum Gasteiger partial charge on any atom is -0.507 e. The van der Waals surface area contributed by atoms with Crippen LogP contribution in [0, 0.1) is 11.8 Å². The number of cyclic esters (lactones) is 1. The number of halogens is 1. The number of amides is 3. The number of ether oxygens (including phenoxy) is 1. The van der Waals surface area contributed by atoms with Crippen molar-refractivity contribution in [3.8, 4) is 5.75 Å². The molecule has 40 heavy (non-hydrogen) atoms. The van der Waals surface area contributed by atoms with Crippen molar-refractivity contribution in [1.82, 2.24) is 15.5 Å². The van der Waals surface area contributed by atoms with E-state index in [-0.39, 0.29) is 24.0 Å². The molecule has 0 spiro atoms. The number of hydrogen-bond donors (Lipinski definition) is 4. The highest BCUT2D eigenvalue weighted by Gasteiger charge is 2.35. The lowest BCUT2D eigenvalue weighted by molar-refractivity contribution is -0.156. The average molecular weight is 625 g/mol. The summed E-state index contributed by atoms with van der Waals surface area (Å²) in [6, 6.07) is 1.29. The molecular formula is C29H42BrN3O7. The van der Waals surface area contributed by atoms with Gasteiger partial charge in [0.2, 0.25) is 17.7 Å². The number of phenolic OH excluding ortho intramolecular Hbond substituents is 1. The van der Waals surface area contributed by atoms with Gasteiger partial charge in [-0.15, -0.1) is 0 Å². The van der Waals surface area contributed by atoms with Gasteiger partial charge in [-0.05, 0) is 80.1 Å². The van der Waals surface area contributed by atoms with E-state index in [0.29, 0.717) is 22.9 Å². The number of aliphatic hydroxyl groups is 1. The van der Waals surface area contributed by atoms with Gasteiger partial charge in [-0.25, -0.2) is 4.79 Å². The van der Waals surface area contributed by atoms with E-state index in [4.69, 9.17) is 4.74 Å². The number of rotatable bonds is 3. The van der Waals surface area contributed by atoms with Gasteiger partial charge in [-0.1, -0.05) is 31.6 Å². The molecule has 0 fully saturated rings. The smallest absolute Gasteiger partial charge is 0.331 e. The summed E-state index contributed by atoms with van der Waals surface area (Å²) in [5.41, 5.74) is 1.62. The van der Waals surface area contributed by atoms with Gasteiger partial charge in [0.25, 0.3) is 0 Å². The number of carbonyl (C=O) groups is 4. The molecular weight excluding hydrogens is 582 g/mol. The van der Waals surface area contributed by atoms with Gasteiger partial charge in [-0.3, -0.25) is 14.4 Å². The molecule has 0 aliphatic carbocycles. The standard InChI is InChI=1S/C29H42BrN3O7/c1-15-10-16(2)12-18(4)40-29(39)25(20(6)34)32-27(37)23(14-21-8-9-24(35)22(30)13-21)33(7)28(38)19(5)31-26(36)17(3)11-15/h8-10,13,16-20,23,25,34-35H,11-12,14H2,1-7H3,(H,31,36)(H,32,37)/t16-,17-,18-,19-,20+,23+,25?/m0/s1. The summed E-state index contributed by atoms with van der Waals surface area (Å²) in [6.45, 7) is 10.4. The van der Waals surface area contributed by atoms with Crippen molar-refractivity contribution in [1.29, 1.82) is 0 Å². The van der Waals surface area contributed by atoms with Crippen LogP contribution in [0.1, 0.15) is 59.9 Å². The van der Waals surface area contributed by atoms with Gasteiger partial charge >= 0.3 is 5.97 Å². The monoisotopic (exact) mass is 623 g/mol. The first kappa shape index (κ1) is 33.3. The van der Waals surface area contributed by atoms with Crippen LogP contribution in [0.5, 0.6) is 5.75 Å². The van der Waals surface area contributed by atoms with E-state index >= 15 is 0 Å². The molecule has 1 aliphatic rings. The van der Waals surface area contributed by atoms with E-state index in [9.17, 15) is 29.4 Å².